The lowest BCUT2D eigenvalue weighted by Gasteiger charge is -2.21. The Morgan fingerprint density at radius 2 is 1.15 bits per heavy atom. The maximum atomic E-state index is 13.4. The lowest BCUT2D eigenvalue weighted by atomic mass is 9.92. The number of phosphoric acid groups is 5. The van der Waals surface area contributed by atoms with Gasteiger partial charge < -0.3 is 39.3 Å². The van der Waals surface area contributed by atoms with Gasteiger partial charge in [0.2, 0.25) is 0 Å². The molecule has 1 aliphatic heterocycles. The zero-order chi connectivity index (χ0) is 52.3. The van der Waals surface area contributed by atoms with Crippen molar-refractivity contribution < 1.29 is 107 Å². The first-order valence-corrected chi connectivity index (χ1v) is 29.5. The number of carbonyl (C=O) groups is 1. The molecule has 30 heteroatoms. The van der Waals surface area contributed by atoms with Crippen LogP contribution in [0.5, 0.6) is 5.75 Å². The molecule has 71 heavy (non-hydrogen) atoms. The van der Waals surface area contributed by atoms with Gasteiger partial charge in [0.15, 0.2) is 5.43 Å². The summed E-state index contributed by atoms with van der Waals surface area (Å²) in [6.07, 6.45) is 0.541. The zero-order valence-corrected chi connectivity index (χ0v) is 43.5. The van der Waals surface area contributed by atoms with E-state index in [0.717, 1.165) is 0 Å². The number of benzene rings is 3. The Hall–Kier alpha value is -3.05. The fourth-order valence-corrected chi connectivity index (χ4v) is 10.2. The second-order valence-corrected chi connectivity index (χ2v) is 23.0. The van der Waals surface area contributed by atoms with Gasteiger partial charge in [-0.15, -0.1) is 0 Å². The fourth-order valence-electron chi connectivity index (χ4n) is 6.20. The summed E-state index contributed by atoms with van der Waals surface area (Å²) in [7, 11) is -22.9. The molecule has 0 bridgehead atoms. The molecule has 6 unspecified atom stereocenters. The van der Waals surface area contributed by atoms with Gasteiger partial charge in [-0.3, -0.25) is 54.8 Å². The highest BCUT2D eigenvalue weighted by Crippen LogP contribution is 2.49. The van der Waals surface area contributed by atoms with Crippen molar-refractivity contribution in [1.82, 2.24) is 5.32 Å². The van der Waals surface area contributed by atoms with Crippen LogP contribution in [0.25, 0.3) is 33.4 Å². The van der Waals surface area contributed by atoms with Crippen molar-refractivity contribution in [1.29, 1.82) is 0 Å². The van der Waals surface area contributed by atoms with E-state index in [-0.39, 0.29) is 62.7 Å². The zero-order valence-electron chi connectivity index (χ0n) is 39.0. The summed E-state index contributed by atoms with van der Waals surface area (Å²) in [4.78, 5) is 75.1. The fraction of sp³-hybridized carbons (Fsp3) is 0.512. The molecule has 0 saturated heterocycles. The number of amides is 1. The van der Waals surface area contributed by atoms with Crippen LogP contribution in [0.1, 0.15) is 63.2 Å². The van der Waals surface area contributed by atoms with Crippen molar-refractivity contribution in [3.8, 4) is 28.2 Å². The molecule has 7 N–H and O–H groups in total. The normalized spacial score (nSPS) is 16.7. The summed E-state index contributed by atoms with van der Waals surface area (Å²) >= 11 is 0. The Morgan fingerprint density at radius 1 is 0.620 bits per heavy atom. The van der Waals surface area contributed by atoms with Crippen molar-refractivity contribution in [2.45, 2.75) is 52.9 Å². The Balaban J connectivity index is 1.29. The summed E-state index contributed by atoms with van der Waals surface area (Å²) in [5.74, 6) is -1.06. The van der Waals surface area contributed by atoms with E-state index in [1.54, 1.807) is 50.2 Å². The van der Waals surface area contributed by atoms with E-state index < -0.39 is 97.2 Å². The molecule has 0 aromatic heterocycles. The van der Waals surface area contributed by atoms with Gasteiger partial charge in [0.1, 0.15) is 17.1 Å². The Labute approximate surface area is 409 Å². The number of hydrogen-bond acceptors (Lipinski definition) is 19. The molecular weight excluding hydrogens is 1050 g/mol. The number of phosphoric ester groups is 5. The second-order valence-electron chi connectivity index (χ2n) is 15.8. The van der Waals surface area contributed by atoms with Crippen LogP contribution in [0, 0.1) is 11.8 Å². The third-order valence-corrected chi connectivity index (χ3v) is 14.5. The molecule has 6 atom stereocenters. The van der Waals surface area contributed by atoms with Crippen molar-refractivity contribution in [2.75, 3.05) is 72.6 Å². The van der Waals surface area contributed by atoms with E-state index >= 15 is 0 Å². The number of fused-ring (bicyclic) bond motifs is 2. The van der Waals surface area contributed by atoms with Crippen LogP contribution >= 0.6 is 39.1 Å². The average molecular weight is 1110 g/mol. The molecule has 25 nitrogen and oxygen atoms in total. The Morgan fingerprint density at radius 3 is 1.72 bits per heavy atom. The highest BCUT2D eigenvalue weighted by atomic mass is 31.2. The van der Waals surface area contributed by atoms with Crippen LogP contribution in [-0.2, 0) is 68.1 Å². The molecule has 2 aromatic carbocycles. The van der Waals surface area contributed by atoms with E-state index in [4.69, 9.17) is 36.1 Å². The summed E-state index contributed by atoms with van der Waals surface area (Å²) in [6, 6.07) is 15.7. The summed E-state index contributed by atoms with van der Waals surface area (Å²) < 4.78 is 115. The highest BCUT2D eigenvalue weighted by molar-refractivity contribution is 7.48. The molecule has 4 rings (SSSR count). The third kappa shape index (κ3) is 22.5. The number of nitrogens with one attached hydrogen (secondary N) is 1. The first-order valence-electron chi connectivity index (χ1n) is 22.1. The summed E-state index contributed by atoms with van der Waals surface area (Å²) in [5.41, 5.74) is 2.28. The smallest absolute Gasteiger partial charge is 0.472 e. The molecule has 1 heterocycles. The summed E-state index contributed by atoms with van der Waals surface area (Å²) in [5, 5.41) is 13.6. The molecule has 0 fully saturated rings. The minimum Gasteiger partial charge on any atom is -0.508 e. The monoisotopic (exact) mass is 1110 g/mol. The van der Waals surface area contributed by atoms with Crippen molar-refractivity contribution in [3.05, 3.63) is 76.5 Å². The number of aromatic hydroxyl groups is 1. The van der Waals surface area contributed by atoms with Crippen molar-refractivity contribution in [2.24, 2.45) is 11.8 Å². The molecule has 0 spiro atoms. The molecule has 1 aliphatic carbocycles. The SMILES string of the molecule is CCOP(=O)(O)OCCCOP(=O)(O)OCC(CCCCNC(=O)c1cccc(-c2c3ccc(=O)cc-3oc3cc(O)ccc23)c1)COP(=O)(O)OCCCOP(=O)(O)OCCOP(=O)(O)OCC(C)C. The molecule has 398 valence electrons. The summed E-state index contributed by atoms with van der Waals surface area (Å²) in [6.45, 7) is 0.910. The number of phenols is 1. The van der Waals surface area contributed by atoms with Gasteiger partial charge in [-0.05, 0) is 80.5 Å². The van der Waals surface area contributed by atoms with Crippen LogP contribution < -0.4 is 10.7 Å². The van der Waals surface area contributed by atoms with E-state index in [2.05, 4.69) is 18.9 Å². The number of unbranched alkanes of at least 4 members (excludes halogenated alkanes) is 1. The Kier molecular flexibility index (Phi) is 24.3. The second kappa shape index (κ2) is 28.6. The van der Waals surface area contributed by atoms with E-state index in [1.165, 1.54) is 31.2 Å². The van der Waals surface area contributed by atoms with Crippen LogP contribution in [0.2, 0.25) is 0 Å². The standard InChI is InChI=1S/C41H60NO24P5/c1-4-56-67(46,47)57-18-8-20-59-69(50,51)64-28-31(29-65-70(52,53)60-21-9-19-58-68(48,49)61-22-23-62-71(54,55)63-27-30(2)3)10-5-6-17-42-41(45)33-12-7-11-32(24-33)40-36-15-13-34(43)25-38(36)66-39-26-35(44)14-16-37(39)40/h7,11-16,24-26,30-31,43H,4-6,8-10,17-23,27-29H2,1-3H3,(H,42,45)(H,46,47)(H,48,49)(H,50,51)(H,52,53)(H,54,55). The molecule has 0 saturated carbocycles. The van der Waals surface area contributed by atoms with Gasteiger partial charge in [0.05, 0.1) is 66.1 Å². The van der Waals surface area contributed by atoms with Crippen molar-refractivity contribution >= 4 is 56.0 Å². The minimum absolute atomic E-state index is 0.0405. The predicted octanol–water partition coefficient (Wildman–Crippen LogP) is 7.91. The van der Waals surface area contributed by atoms with Crippen molar-refractivity contribution in [3.63, 3.8) is 0 Å². The lowest BCUT2D eigenvalue weighted by molar-refractivity contribution is 0.0819. The number of rotatable bonds is 35. The topological polar surface area (TPSA) is 358 Å². The van der Waals surface area contributed by atoms with E-state index in [1.807, 2.05) is 0 Å². The average Bonchev–Trinajstić information content (AvgIpc) is 3.29. The van der Waals surface area contributed by atoms with Gasteiger partial charge in [0.25, 0.3) is 5.91 Å². The third-order valence-electron chi connectivity index (χ3n) is 9.41. The number of phenolic OH excluding ortho intramolecular Hbond substituents is 1. The van der Waals surface area contributed by atoms with Gasteiger partial charge in [0, 0.05) is 46.7 Å². The van der Waals surface area contributed by atoms with Gasteiger partial charge in [-0.25, -0.2) is 22.8 Å². The van der Waals surface area contributed by atoms with Gasteiger partial charge in [-0.1, -0.05) is 32.4 Å². The van der Waals surface area contributed by atoms with E-state index in [0.29, 0.717) is 51.8 Å². The lowest BCUT2D eigenvalue weighted by Crippen LogP contribution is -2.24. The first-order chi connectivity index (χ1) is 33.4. The molecule has 2 aliphatic rings. The minimum atomic E-state index is -4.81. The maximum absolute atomic E-state index is 13.4. The largest absolute Gasteiger partial charge is 0.508 e. The molecular formula is C41H60NO24P5. The quantitative estimate of drug-likeness (QED) is 0.0131. The Bertz CT molecular complexity index is 2610. The van der Waals surface area contributed by atoms with Gasteiger partial charge in [-0.2, -0.15) is 0 Å². The maximum Gasteiger partial charge on any atom is 0.472 e. The van der Waals surface area contributed by atoms with Gasteiger partial charge >= 0.3 is 39.1 Å². The van der Waals surface area contributed by atoms with E-state index in [9.17, 15) is 62.0 Å². The number of hydrogen-bond donors (Lipinski definition) is 7. The number of carbonyl (C=O) groups excluding carboxylic acids is 1. The van der Waals surface area contributed by atoms with Crippen LogP contribution in [0.3, 0.4) is 0 Å². The van der Waals surface area contributed by atoms with Crippen LogP contribution in [0.4, 0.5) is 0 Å². The van der Waals surface area contributed by atoms with Crippen LogP contribution in [-0.4, -0.2) is 108 Å². The first kappa shape index (κ1) is 60.5. The molecule has 0 radical (unpaired) electrons. The highest BCUT2D eigenvalue weighted by Gasteiger charge is 2.29. The predicted molar refractivity (Wildman–Crippen MR) is 254 cm³/mol. The molecule has 2 aromatic rings. The molecule has 1 amide bonds. The van der Waals surface area contributed by atoms with Crippen LogP contribution in [0.15, 0.2) is 69.9 Å².